The second-order valence-electron chi connectivity index (χ2n) is 7.32. The van der Waals surface area contributed by atoms with Crippen molar-refractivity contribution in [2.45, 2.75) is 51.9 Å². The number of nitrogens with two attached hydrogens (primary N) is 1. The van der Waals surface area contributed by atoms with Crippen LogP contribution in [0, 0.1) is 5.41 Å². The smallest absolute Gasteiger partial charge is 0.341 e. The van der Waals surface area contributed by atoms with Crippen molar-refractivity contribution in [2.24, 2.45) is 11.1 Å². The van der Waals surface area contributed by atoms with Crippen molar-refractivity contribution in [1.29, 1.82) is 0 Å². The van der Waals surface area contributed by atoms with Crippen LogP contribution in [0.2, 0.25) is 0 Å². The molecule has 1 fully saturated rings. The molecule has 1 saturated heterocycles. The molecule has 25 heavy (non-hydrogen) atoms. The fraction of sp³-hybridized carbons (Fsp3) is 0.929. The highest BCUT2D eigenvalue weighted by molar-refractivity contribution is 7.88. The minimum absolute atomic E-state index is 0. The maximum absolute atomic E-state index is 12.6. The lowest BCUT2D eigenvalue weighted by molar-refractivity contribution is -0.144. The lowest BCUT2D eigenvalue weighted by Crippen LogP contribution is -2.55. The van der Waals surface area contributed by atoms with E-state index < -0.39 is 40.2 Å². The van der Waals surface area contributed by atoms with Crippen LogP contribution in [0.3, 0.4) is 0 Å². The van der Waals surface area contributed by atoms with E-state index in [1.54, 1.807) is 0 Å². The first kappa shape index (κ1) is 24.4. The van der Waals surface area contributed by atoms with E-state index in [0.29, 0.717) is 4.31 Å². The van der Waals surface area contributed by atoms with Crippen molar-refractivity contribution in [3.05, 3.63) is 0 Å². The topological polar surface area (TPSA) is 83.7 Å². The zero-order valence-corrected chi connectivity index (χ0v) is 16.5. The van der Waals surface area contributed by atoms with Crippen LogP contribution in [0.15, 0.2) is 0 Å². The summed E-state index contributed by atoms with van der Waals surface area (Å²) in [5.74, 6) is -0.261. The highest BCUT2D eigenvalue weighted by atomic mass is 35.5. The van der Waals surface area contributed by atoms with E-state index >= 15 is 0 Å². The maximum Gasteiger partial charge on any atom is 0.402 e. The van der Waals surface area contributed by atoms with Crippen LogP contribution in [-0.2, 0) is 14.8 Å². The fourth-order valence-electron chi connectivity index (χ4n) is 2.64. The predicted molar refractivity (Wildman–Crippen MR) is 91.9 cm³/mol. The summed E-state index contributed by atoms with van der Waals surface area (Å²) < 4.78 is 61.8. The van der Waals surface area contributed by atoms with Crippen LogP contribution >= 0.6 is 12.4 Å². The molecule has 2 N–H and O–H groups in total. The van der Waals surface area contributed by atoms with Crippen molar-refractivity contribution in [2.75, 3.05) is 25.9 Å². The monoisotopic (exact) mass is 409 g/mol. The van der Waals surface area contributed by atoms with Gasteiger partial charge in [-0.2, -0.15) is 17.5 Å². The van der Waals surface area contributed by atoms with Crippen LogP contribution in [0.5, 0.6) is 0 Å². The number of halogens is 4. The zero-order chi connectivity index (χ0) is 18.9. The van der Waals surface area contributed by atoms with Gasteiger partial charge in [-0.05, 0) is 18.3 Å². The predicted octanol–water partition coefficient (Wildman–Crippen LogP) is 1.60. The maximum atomic E-state index is 12.6. The number of sulfonamides is 1. The van der Waals surface area contributed by atoms with Crippen molar-refractivity contribution >= 4 is 28.3 Å². The van der Waals surface area contributed by atoms with Gasteiger partial charge in [-0.15, -0.1) is 12.4 Å². The lowest BCUT2D eigenvalue weighted by Gasteiger charge is -2.39. The van der Waals surface area contributed by atoms with E-state index in [-0.39, 0.29) is 44.2 Å². The molecule has 150 valence electrons. The Hall–Kier alpha value is -0.580. The molecule has 0 bridgehead atoms. The van der Waals surface area contributed by atoms with Gasteiger partial charge in [0.1, 0.15) is 6.54 Å². The number of carbonyl (C=O) groups is 1. The Bertz CT molecular complexity index is 556. The summed E-state index contributed by atoms with van der Waals surface area (Å²) >= 11 is 0. The van der Waals surface area contributed by atoms with Gasteiger partial charge < -0.3 is 10.6 Å². The van der Waals surface area contributed by atoms with Crippen LogP contribution in [-0.4, -0.2) is 67.7 Å². The van der Waals surface area contributed by atoms with Crippen LogP contribution in [0.1, 0.15) is 33.6 Å². The normalized spacial score (nSPS) is 18.8. The van der Waals surface area contributed by atoms with Gasteiger partial charge in [0.25, 0.3) is 0 Å². The molecule has 1 atom stereocenters. The van der Waals surface area contributed by atoms with Crippen LogP contribution in [0.25, 0.3) is 0 Å². The van der Waals surface area contributed by atoms with Gasteiger partial charge >= 0.3 is 6.18 Å². The molecule has 0 aromatic heterocycles. The van der Waals surface area contributed by atoms with Gasteiger partial charge in [0, 0.05) is 19.1 Å². The van der Waals surface area contributed by atoms with Gasteiger partial charge in [-0.25, -0.2) is 8.42 Å². The van der Waals surface area contributed by atoms with Gasteiger partial charge in [-0.3, -0.25) is 4.79 Å². The average Bonchev–Trinajstić information content (AvgIpc) is 2.40. The first-order valence-corrected chi connectivity index (χ1v) is 9.55. The van der Waals surface area contributed by atoms with E-state index in [9.17, 15) is 26.4 Å². The summed E-state index contributed by atoms with van der Waals surface area (Å²) in [5.41, 5.74) is 5.50. The Morgan fingerprint density at radius 3 is 2.00 bits per heavy atom. The molecule has 1 aliphatic heterocycles. The Morgan fingerprint density at radius 2 is 1.68 bits per heavy atom. The highest BCUT2D eigenvalue weighted by Crippen LogP contribution is 2.26. The van der Waals surface area contributed by atoms with Crippen molar-refractivity contribution in [3.63, 3.8) is 0 Å². The molecule has 11 heteroatoms. The molecular formula is C14H27ClF3N3O3S. The van der Waals surface area contributed by atoms with E-state index in [4.69, 9.17) is 5.73 Å². The Balaban J connectivity index is 0.00000576. The molecule has 1 aliphatic rings. The minimum atomic E-state index is -4.61. The number of carbonyl (C=O) groups excluding carboxylic acids is 1. The molecule has 1 heterocycles. The number of amides is 1. The van der Waals surface area contributed by atoms with E-state index in [1.165, 1.54) is 4.90 Å². The molecule has 0 aromatic rings. The minimum Gasteiger partial charge on any atom is -0.341 e. The molecule has 1 rings (SSSR count). The Kier molecular flexibility index (Phi) is 8.21. The first-order valence-electron chi connectivity index (χ1n) is 7.71. The molecule has 0 spiro atoms. The number of alkyl halides is 3. The van der Waals surface area contributed by atoms with Gasteiger partial charge in [0.2, 0.25) is 15.9 Å². The second kappa shape index (κ2) is 8.41. The van der Waals surface area contributed by atoms with E-state index in [2.05, 4.69) is 0 Å². The zero-order valence-electron chi connectivity index (χ0n) is 14.8. The number of hydrogen-bond acceptors (Lipinski definition) is 4. The van der Waals surface area contributed by atoms with Crippen molar-refractivity contribution in [3.8, 4) is 0 Å². The molecule has 0 aliphatic carbocycles. The quantitative estimate of drug-likeness (QED) is 0.764. The molecule has 6 nitrogen and oxygen atoms in total. The molecule has 0 radical (unpaired) electrons. The van der Waals surface area contributed by atoms with Gasteiger partial charge in [-0.1, -0.05) is 20.8 Å². The summed E-state index contributed by atoms with van der Waals surface area (Å²) in [6.45, 7) is 4.37. The molecule has 0 saturated carbocycles. The fourth-order valence-corrected chi connectivity index (χ4v) is 3.77. The highest BCUT2D eigenvalue weighted by Gasteiger charge is 2.40. The average molecular weight is 410 g/mol. The summed E-state index contributed by atoms with van der Waals surface area (Å²) in [5, 5.41) is 0. The number of likely N-dealkylation sites (tertiary alicyclic amines) is 1. The number of hydrogen-bond donors (Lipinski definition) is 1. The Morgan fingerprint density at radius 1 is 1.24 bits per heavy atom. The van der Waals surface area contributed by atoms with Crippen LogP contribution in [0.4, 0.5) is 13.2 Å². The molecule has 0 aromatic carbocycles. The summed E-state index contributed by atoms with van der Waals surface area (Å²) in [6, 6.07) is -1.48. The molecular weight excluding hydrogens is 383 g/mol. The second-order valence-corrected chi connectivity index (χ2v) is 9.26. The standard InChI is InChI=1S/C14H26F3N3O3S.ClH/c1-13(2,3)11(18)12(21)19-7-5-10(6-8-19)20(24(4,22)23)9-14(15,16)17;/h10-11H,5-9,18H2,1-4H3;1H/t11-;/m1./s1. The van der Waals surface area contributed by atoms with Gasteiger partial charge in [0.05, 0.1) is 12.3 Å². The van der Waals surface area contributed by atoms with Crippen LogP contribution < -0.4 is 5.73 Å². The summed E-state index contributed by atoms with van der Waals surface area (Å²) in [6.07, 6.45) is -3.52. The number of rotatable bonds is 4. The summed E-state index contributed by atoms with van der Waals surface area (Å²) in [7, 11) is -3.99. The van der Waals surface area contributed by atoms with Crippen molar-refractivity contribution in [1.82, 2.24) is 9.21 Å². The van der Waals surface area contributed by atoms with E-state index in [1.807, 2.05) is 20.8 Å². The molecule has 0 unspecified atom stereocenters. The molecule has 1 amide bonds. The number of piperidine rings is 1. The third-order valence-electron chi connectivity index (χ3n) is 4.14. The van der Waals surface area contributed by atoms with Gasteiger partial charge in [0.15, 0.2) is 0 Å². The lowest BCUT2D eigenvalue weighted by atomic mass is 9.86. The van der Waals surface area contributed by atoms with E-state index in [0.717, 1.165) is 6.26 Å². The van der Waals surface area contributed by atoms with Crippen molar-refractivity contribution < 1.29 is 26.4 Å². The first-order chi connectivity index (χ1) is 10.6. The number of nitrogens with zero attached hydrogens (tertiary/aromatic N) is 2. The SMILES string of the molecule is CC(C)(C)[C@H](N)C(=O)N1CCC(N(CC(F)(F)F)S(C)(=O)=O)CC1.Cl. The third-order valence-corrected chi connectivity index (χ3v) is 5.42. The third kappa shape index (κ3) is 7.28. The largest absolute Gasteiger partial charge is 0.402 e. The summed E-state index contributed by atoms with van der Waals surface area (Å²) in [4.78, 5) is 13.8. The Labute approximate surface area is 153 Å².